The Hall–Kier alpha value is -4.68. The summed E-state index contributed by atoms with van der Waals surface area (Å²) in [6.45, 7) is 68.3. The summed E-state index contributed by atoms with van der Waals surface area (Å²) in [5, 5.41) is 0. The van der Waals surface area contributed by atoms with Crippen LogP contribution in [0.5, 0.6) is 0 Å². The first-order valence-electron chi connectivity index (χ1n) is 27.4. The number of aryl methyl sites for hydroxylation is 4. The summed E-state index contributed by atoms with van der Waals surface area (Å²) < 4.78 is 0. The quantitative estimate of drug-likeness (QED) is 0.165. The minimum absolute atomic E-state index is 0.173. The van der Waals surface area contributed by atoms with Gasteiger partial charge in [0.25, 0.3) is 0 Å². The Bertz CT molecular complexity index is 2770. The van der Waals surface area contributed by atoms with Gasteiger partial charge in [0.05, 0.1) is 0 Å². The highest BCUT2D eigenvalue weighted by Gasteiger charge is 2.44. The summed E-state index contributed by atoms with van der Waals surface area (Å²) in [6.07, 6.45) is 0. The van der Waals surface area contributed by atoms with Crippen molar-refractivity contribution < 1.29 is 0 Å². The SMILES string of the molecule is Cc1cc(C(C)(C)C)c(-c2c3c(c(-c4c(C(C)(C)C)cc(C)cc4C(C)(C)C)c(-c4c(C(C)(C)C)cc(C)cc4C(C)(C)C)c2-c2c(C(C)(C)C)cc(C)cc2C(C)(C)C)-c2ccccc2-3)c(C(C)(C)C)c1. The lowest BCUT2D eigenvalue weighted by molar-refractivity contribution is 0.567. The number of hydrogen-bond donors (Lipinski definition) is 0. The third-order valence-corrected chi connectivity index (χ3v) is 15.6. The molecule has 0 heteroatoms. The second-order valence-corrected chi connectivity index (χ2v) is 30.7. The molecule has 72 heavy (non-hydrogen) atoms. The Kier molecular flexibility index (Phi) is 13.4. The Morgan fingerprint density at radius 1 is 0.194 bits per heavy atom. The predicted molar refractivity (Wildman–Crippen MR) is 321 cm³/mol. The first-order valence-corrected chi connectivity index (χ1v) is 27.4. The van der Waals surface area contributed by atoms with Crippen molar-refractivity contribution in [1.82, 2.24) is 0 Å². The van der Waals surface area contributed by atoms with Gasteiger partial charge in [-0.25, -0.2) is 0 Å². The monoisotopic (exact) mass is 961 g/mol. The zero-order valence-corrected chi connectivity index (χ0v) is 50.9. The van der Waals surface area contributed by atoms with Crippen LogP contribution in [0, 0.1) is 27.7 Å². The van der Waals surface area contributed by atoms with E-state index in [1.807, 2.05) is 0 Å². The van der Waals surface area contributed by atoms with Crippen molar-refractivity contribution >= 4 is 0 Å². The molecular formula is C72H96. The van der Waals surface area contributed by atoms with E-state index >= 15 is 0 Å². The molecule has 0 nitrogen and oxygen atoms in total. The van der Waals surface area contributed by atoms with Crippen LogP contribution >= 0.6 is 0 Å². The lowest BCUT2D eigenvalue weighted by Gasteiger charge is -2.43. The van der Waals surface area contributed by atoms with E-state index < -0.39 is 0 Å². The summed E-state index contributed by atoms with van der Waals surface area (Å²) in [7, 11) is 0. The van der Waals surface area contributed by atoms with Gasteiger partial charge in [-0.2, -0.15) is 0 Å². The molecule has 0 amide bonds. The maximum absolute atomic E-state index is 2.56. The van der Waals surface area contributed by atoms with Crippen molar-refractivity contribution in [3.63, 3.8) is 0 Å². The number of rotatable bonds is 4. The maximum Gasteiger partial charge on any atom is -0.000719 e. The Morgan fingerprint density at radius 2 is 0.333 bits per heavy atom. The van der Waals surface area contributed by atoms with Gasteiger partial charge >= 0.3 is 0 Å². The molecule has 0 fully saturated rings. The van der Waals surface area contributed by atoms with Crippen LogP contribution in [0.1, 0.15) is 233 Å². The molecule has 0 heterocycles. The number of benzene rings is 6. The molecular weight excluding hydrogens is 865 g/mol. The molecule has 0 spiro atoms. The molecule has 6 aromatic carbocycles. The fourth-order valence-corrected chi connectivity index (χ4v) is 12.1. The lowest BCUT2D eigenvalue weighted by atomic mass is 9.60. The van der Waals surface area contributed by atoms with Gasteiger partial charge in [0.1, 0.15) is 0 Å². The van der Waals surface area contributed by atoms with Crippen LogP contribution in [0.15, 0.2) is 72.8 Å². The molecule has 0 N–H and O–H groups in total. The Labute approximate surface area is 441 Å². The minimum atomic E-state index is -0.201. The molecule has 0 unspecified atom stereocenters. The van der Waals surface area contributed by atoms with Crippen LogP contribution in [-0.2, 0) is 43.3 Å². The summed E-state index contributed by atoms with van der Waals surface area (Å²) in [4.78, 5) is 0. The molecule has 7 rings (SSSR count). The average Bonchev–Trinajstić information content (AvgIpc) is 3.18. The van der Waals surface area contributed by atoms with E-state index in [0.717, 1.165) is 0 Å². The smallest absolute Gasteiger partial charge is 0.000719 e. The predicted octanol–water partition coefficient (Wildman–Crippen LogP) is 21.6. The van der Waals surface area contributed by atoms with Gasteiger partial charge in [-0.05, 0) is 182 Å². The molecule has 6 aromatic rings. The first kappa shape index (κ1) is 55.1. The standard InChI is InChI=1S/C72H96/c1-41-33-47(65(5,6)7)57(48(34-41)66(8,9)10)61-55-45-31-29-30-32-46(45)56(55)62(58-49(67(11,12)13)35-42(2)36-50(58)68(14,15)16)64(60-53(71(23,24)25)39-44(4)40-54(60)72(26,27)28)63(61)59-51(69(17,18)19)37-43(3)38-52(59)70(20,21)22/h29-40H,1-28H3. The topological polar surface area (TPSA) is 0 Å². The first-order chi connectivity index (χ1) is 32.5. The molecule has 0 bridgehead atoms. The largest absolute Gasteiger partial charge is 0.0616 e. The summed E-state index contributed by atoms with van der Waals surface area (Å²) in [6, 6.07) is 29.9. The number of fused-ring (bicyclic) bond motifs is 4. The Morgan fingerprint density at radius 3 is 0.472 bits per heavy atom. The molecule has 0 saturated heterocycles. The van der Waals surface area contributed by atoms with Crippen molar-refractivity contribution in [3.8, 4) is 66.8 Å². The van der Waals surface area contributed by atoms with E-state index in [-0.39, 0.29) is 43.3 Å². The van der Waals surface area contributed by atoms with Crippen LogP contribution in [0.4, 0.5) is 0 Å². The number of hydrogen-bond acceptors (Lipinski definition) is 0. The zero-order chi connectivity index (χ0) is 54.3. The van der Waals surface area contributed by atoms with Crippen molar-refractivity contribution in [2.45, 2.75) is 237 Å². The van der Waals surface area contributed by atoms with E-state index in [1.165, 1.54) is 134 Å². The fraction of sp³-hybridized carbons (Fsp3) is 0.500. The van der Waals surface area contributed by atoms with Gasteiger partial charge in [-0.3, -0.25) is 0 Å². The highest BCUT2D eigenvalue weighted by molar-refractivity contribution is 6.24. The van der Waals surface area contributed by atoms with Gasteiger partial charge in [0.15, 0.2) is 0 Å². The van der Waals surface area contributed by atoms with Crippen LogP contribution in [0.3, 0.4) is 0 Å². The van der Waals surface area contributed by atoms with Gasteiger partial charge in [0, 0.05) is 0 Å². The summed E-state index contributed by atoms with van der Waals surface area (Å²) in [5.74, 6) is 0. The molecule has 0 radical (unpaired) electrons. The molecule has 0 saturated carbocycles. The normalized spacial score (nSPS) is 13.8. The molecule has 0 atom stereocenters. The van der Waals surface area contributed by atoms with Crippen LogP contribution in [0.2, 0.25) is 0 Å². The molecule has 1 aliphatic carbocycles. The van der Waals surface area contributed by atoms with Gasteiger partial charge in [-0.15, -0.1) is 0 Å². The second-order valence-electron chi connectivity index (χ2n) is 30.7. The Balaban J connectivity index is 2.14. The third-order valence-electron chi connectivity index (χ3n) is 15.6. The average molecular weight is 962 g/mol. The molecule has 384 valence electrons. The van der Waals surface area contributed by atoms with Crippen molar-refractivity contribution in [2.24, 2.45) is 0 Å². The fourth-order valence-electron chi connectivity index (χ4n) is 12.1. The van der Waals surface area contributed by atoms with Crippen LogP contribution < -0.4 is 0 Å². The van der Waals surface area contributed by atoms with Crippen LogP contribution in [-0.4, -0.2) is 0 Å². The summed E-state index contributed by atoms with van der Waals surface area (Å²) >= 11 is 0. The zero-order valence-electron chi connectivity index (χ0n) is 50.9. The highest BCUT2D eigenvalue weighted by Crippen LogP contribution is 2.67. The van der Waals surface area contributed by atoms with E-state index in [0.29, 0.717) is 0 Å². The van der Waals surface area contributed by atoms with Crippen LogP contribution in [0.25, 0.3) is 66.8 Å². The van der Waals surface area contributed by atoms with E-state index in [1.54, 1.807) is 0 Å². The van der Waals surface area contributed by atoms with Gasteiger partial charge in [-0.1, -0.05) is 261 Å². The third kappa shape index (κ3) is 9.77. The van der Waals surface area contributed by atoms with Crippen molar-refractivity contribution in [1.29, 1.82) is 0 Å². The van der Waals surface area contributed by atoms with Crippen molar-refractivity contribution in [2.75, 3.05) is 0 Å². The van der Waals surface area contributed by atoms with E-state index in [2.05, 4.69) is 267 Å². The van der Waals surface area contributed by atoms with E-state index in [9.17, 15) is 0 Å². The molecule has 1 aliphatic rings. The molecule has 0 aromatic heterocycles. The molecule has 0 aliphatic heterocycles. The van der Waals surface area contributed by atoms with Gasteiger partial charge in [0.2, 0.25) is 0 Å². The highest BCUT2D eigenvalue weighted by atomic mass is 14.5. The second kappa shape index (κ2) is 17.5. The maximum atomic E-state index is 2.56. The lowest BCUT2D eigenvalue weighted by Crippen LogP contribution is -2.25. The van der Waals surface area contributed by atoms with Gasteiger partial charge < -0.3 is 0 Å². The summed E-state index contributed by atoms with van der Waals surface area (Å²) in [5.41, 5.74) is 31.8. The minimum Gasteiger partial charge on any atom is -0.0616 e. The van der Waals surface area contributed by atoms with Crippen molar-refractivity contribution in [3.05, 3.63) is 140 Å². The van der Waals surface area contributed by atoms with E-state index in [4.69, 9.17) is 0 Å².